The Kier molecular flexibility index (Phi) is 36.9. The summed E-state index contributed by atoms with van der Waals surface area (Å²) in [6, 6.07) is 0. The number of carbonyl (C=O) groups excluding carboxylic acids is 3. The predicted molar refractivity (Wildman–Crippen MR) is 201 cm³/mol. The first-order valence-electron chi connectivity index (χ1n) is 21.0. The zero-order chi connectivity index (χ0) is 35.2. The Morgan fingerprint density at radius 1 is 0.333 bits per heavy atom. The molecule has 0 aliphatic heterocycles. The van der Waals surface area contributed by atoms with Crippen LogP contribution in [0.3, 0.4) is 0 Å². The van der Waals surface area contributed by atoms with Crippen LogP contribution in [0.2, 0.25) is 0 Å². The van der Waals surface area contributed by atoms with Gasteiger partial charge in [-0.2, -0.15) is 0 Å². The lowest BCUT2D eigenvalue weighted by atomic mass is 10.0. The maximum atomic E-state index is 12.5. The van der Waals surface area contributed by atoms with Crippen molar-refractivity contribution in [2.24, 2.45) is 0 Å². The smallest absolute Gasteiger partial charge is 0.306 e. The molecule has 0 aliphatic rings. The van der Waals surface area contributed by atoms with E-state index in [2.05, 4.69) is 20.8 Å². The fourth-order valence-corrected chi connectivity index (χ4v) is 6.15. The SMILES string of the molecule is CCCCCCCCCCCCCCCCCCC(=O)OCC(COC(=O)CCCCCCCCC)OC(=O)CCCCCCCCC. The highest BCUT2D eigenvalue weighted by atomic mass is 16.6. The topological polar surface area (TPSA) is 78.9 Å². The lowest BCUT2D eigenvalue weighted by molar-refractivity contribution is -0.167. The molecule has 0 saturated heterocycles. The summed E-state index contributed by atoms with van der Waals surface area (Å²) in [5.41, 5.74) is 0. The van der Waals surface area contributed by atoms with Gasteiger partial charge in [0.1, 0.15) is 13.2 Å². The van der Waals surface area contributed by atoms with Gasteiger partial charge in [0.25, 0.3) is 0 Å². The molecular formula is C42H80O6. The molecule has 0 radical (unpaired) electrons. The first kappa shape index (κ1) is 46.4. The molecule has 0 bridgehead atoms. The Labute approximate surface area is 298 Å². The zero-order valence-electron chi connectivity index (χ0n) is 32.3. The van der Waals surface area contributed by atoms with Gasteiger partial charge >= 0.3 is 17.9 Å². The van der Waals surface area contributed by atoms with Crippen LogP contribution in [0.25, 0.3) is 0 Å². The summed E-state index contributed by atoms with van der Waals surface area (Å²) in [6.07, 6.45) is 36.8. The van der Waals surface area contributed by atoms with E-state index in [1.807, 2.05) is 0 Å². The van der Waals surface area contributed by atoms with Gasteiger partial charge in [-0.25, -0.2) is 0 Å². The van der Waals surface area contributed by atoms with E-state index in [1.165, 1.54) is 135 Å². The normalized spacial score (nSPS) is 11.8. The predicted octanol–water partition coefficient (Wildman–Crippen LogP) is 12.9. The largest absolute Gasteiger partial charge is 0.462 e. The number of unbranched alkanes of at least 4 members (excludes halogenated alkanes) is 27. The number of hydrogen-bond donors (Lipinski definition) is 0. The molecule has 1 unspecified atom stereocenters. The zero-order valence-corrected chi connectivity index (χ0v) is 32.3. The highest BCUT2D eigenvalue weighted by Crippen LogP contribution is 2.15. The summed E-state index contributed by atoms with van der Waals surface area (Å²) < 4.78 is 16.5. The van der Waals surface area contributed by atoms with Crippen LogP contribution in [-0.2, 0) is 28.6 Å². The molecule has 0 spiro atoms. The Balaban J connectivity index is 4.16. The summed E-state index contributed by atoms with van der Waals surface area (Å²) in [5.74, 6) is -0.871. The summed E-state index contributed by atoms with van der Waals surface area (Å²) in [4.78, 5) is 37.3. The molecule has 1 atom stereocenters. The molecule has 48 heavy (non-hydrogen) atoms. The Morgan fingerprint density at radius 3 is 0.833 bits per heavy atom. The van der Waals surface area contributed by atoms with Crippen LogP contribution < -0.4 is 0 Å². The standard InChI is InChI=1S/C42H80O6/c1-4-7-10-13-16-17-18-19-20-21-22-23-24-27-29-32-35-41(44)47-38-39(48-42(45)36-33-30-26-15-12-9-6-3)37-46-40(43)34-31-28-25-14-11-8-5-2/h39H,4-38H2,1-3H3. The molecule has 6 heteroatoms. The van der Waals surface area contributed by atoms with E-state index < -0.39 is 6.10 Å². The van der Waals surface area contributed by atoms with E-state index in [9.17, 15) is 14.4 Å². The average Bonchev–Trinajstić information content (AvgIpc) is 3.08. The maximum Gasteiger partial charge on any atom is 0.306 e. The van der Waals surface area contributed by atoms with Crippen molar-refractivity contribution in [2.75, 3.05) is 13.2 Å². The first-order valence-corrected chi connectivity index (χ1v) is 21.0. The minimum absolute atomic E-state index is 0.0643. The van der Waals surface area contributed by atoms with E-state index in [-0.39, 0.29) is 31.1 Å². The van der Waals surface area contributed by atoms with E-state index in [0.717, 1.165) is 57.8 Å². The van der Waals surface area contributed by atoms with Gasteiger partial charge in [0, 0.05) is 19.3 Å². The van der Waals surface area contributed by atoms with Gasteiger partial charge in [-0.05, 0) is 19.3 Å². The van der Waals surface area contributed by atoms with Crippen LogP contribution in [0.5, 0.6) is 0 Å². The van der Waals surface area contributed by atoms with Crippen molar-refractivity contribution >= 4 is 17.9 Å². The van der Waals surface area contributed by atoms with Crippen molar-refractivity contribution in [1.29, 1.82) is 0 Å². The van der Waals surface area contributed by atoms with Gasteiger partial charge in [0.15, 0.2) is 6.10 Å². The molecule has 0 saturated carbocycles. The number of ether oxygens (including phenoxy) is 3. The first-order chi connectivity index (χ1) is 23.5. The average molecular weight is 681 g/mol. The van der Waals surface area contributed by atoms with E-state index in [0.29, 0.717) is 19.3 Å². The van der Waals surface area contributed by atoms with Gasteiger partial charge in [0.05, 0.1) is 0 Å². The third-order valence-corrected chi connectivity index (χ3v) is 9.36. The summed E-state index contributed by atoms with van der Waals surface area (Å²) in [6.45, 7) is 6.56. The van der Waals surface area contributed by atoms with Crippen molar-refractivity contribution in [2.45, 2.75) is 239 Å². The van der Waals surface area contributed by atoms with E-state index in [4.69, 9.17) is 14.2 Å². The second-order valence-electron chi connectivity index (χ2n) is 14.3. The van der Waals surface area contributed by atoms with E-state index in [1.54, 1.807) is 0 Å². The van der Waals surface area contributed by atoms with Gasteiger partial charge in [-0.1, -0.05) is 194 Å². The lowest BCUT2D eigenvalue weighted by Crippen LogP contribution is -2.30. The molecule has 6 nitrogen and oxygen atoms in total. The minimum atomic E-state index is -0.755. The van der Waals surface area contributed by atoms with Gasteiger partial charge in [-0.15, -0.1) is 0 Å². The molecule has 0 aromatic heterocycles. The molecule has 284 valence electrons. The number of hydrogen-bond acceptors (Lipinski definition) is 6. The second-order valence-corrected chi connectivity index (χ2v) is 14.3. The van der Waals surface area contributed by atoms with Crippen LogP contribution in [-0.4, -0.2) is 37.2 Å². The molecular weight excluding hydrogens is 600 g/mol. The van der Waals surface area contributed by atoms with Gasteiger partial charge in [0.2, 0.25) is 0 Å². The monoisotopic (exact) mass is 681 g/mol. The Bertz CT molecular complexity index is 708. The van der Waals surface area contributed by atoms with Crippen LogP contribution in [0.1, 0.15) is 233 Å². The fraction of sp³-hybridized carbons (Fsp3) is 0.929. The molecule has 0 amide bonds. The molecule has 0 N–H and O–H groups in total. The van der Waals surface area contributed by atoms with Crippen molar-refractivity contribution in [3.63, 3.8) is 0 Å². The van der Waals surface area contributed by atoms with Crippen LogP contribution in [0, 0.1) is 0 Å². The van der Waals surface area contributed by atoms with Gasteiger partial charge < -0.3 is 14.2 Å². The van der Waals surface area contributed by atoms with Crippen molar-refractivity contribution in [3.05, 3.63) is 0 Å². The third-order valence-electron chi connectivity index (χ3n) is 9.36. The van der Waals surface area contributed by atoms with Gasteiger partial charge in [-0.3, -0.25) is 14.4 Å². The van der Waals surface area contributed by atoms with Crippen LogP contribution >= 0.6 is 0 Å². The number of carbonyl (C=O) groups is 3. The Hall–Kier alpha value is -1.59. The summed E-state index contributed by atoms with van der Waals surface area (Å²) in [5, 5.41) is 0. The quantitative estimate of drug-likeness (QED) is 0.0367. The number of rotatable bonds is 38. The summed E-state index contributed by atoms with van der Waals surface area (Å²) >= 11 is 0. The van der Waals surface area contributed by atoms with E-state index >= 15 is 0 Å². The second kappa shape index (κ2) is 38.2. The van der Waals surface area contributed by atoms with Crippen molar-refractivity contribution in [3.8, 4) is 0 Å². The molecule has 0 fully saturated rings. The highest BCUT2D eigenvalue weighted by molar-refractivity contribution is 5.71. The van der Waals surface area contributed by atoms with Crippen molar-refractivity contribution < 1.29 is 28.6 Å². The molecule has 0 heterocycles. The lowest BCUT2D eigenvalue weighted by Gasteiger charge is -2.18. The molecule has 0 aliphatic carbocycles. The van der Waals surface area contributed by atoms with Crippen LogP contribution in [0.4, 0.5) is 0 Å². The van der Waals surface area contributed by atoms with Crippen LogP contribution in [0.15, 0.2) is 0 Å². The number of esters is 3. The Morgan fingerprint density at radius 2 is 0.562 bits per heavy atom. The molecule has 0 aromatic rings. The molecule has 0 aromatic carbocycles. The highest BCUT2D eigenvalue weighted by Gasteiger charge is 2.19. The maximum absolute atomic E-state index is 12.5. The van der Waals surface area contributed by atoms with Crippen molar-refractivity contribution in [1.82, 2.24) is 0 Å². The fourth-order valence-electron chi connectivity index (χ4n) is 6.15. The molecule has 0 rings (SSSR count). The minimum Gasteiger partial charge on any atom is -0.462 e. The third kappa shape index (κ3) is 35.7. The summed E-state index contributed by atoms with van der Waals surface area (Å²) in [7, 11) is 0.